The highest BCUT2D eigenvalue weighted by molar-refractivity contribution is 5.42. The molecule has 24 heavy (non-hydrogen) atoms. The van der Waals surface area contributed by atoms with Crippen LogP contribution in [0.3, 0.4) is 0 Å². The van der Waals surface area contributed by atoms with E-state index in [0.29, 0.717) is 37.9 Å². The Hall–Kier alpha value is -2.65. The summed E-state index contributed by atoms with van der Waals surface area (Å²) in [5, 5.41) is 0. The molecule has 1 saturated heterocycles. The van der Waals surface area contributed by atoms with E-state index in [-0.39, 0.29) is 5.95 Å². The number of ether oxygens (including phenoxy) is 1. The molecule has 0 bridgehead atoms. The van der Waals surface area contributed by atoms with Gasteiger partial charge in [0.2, 0.25) is 11.8 Å². The summed E-state index contributed by atoms with van der Waals surface area (Å²) < 4.78 is 43.3. The standard InChI is InChI=1S/C14H15F3N6O/c1-24-12-9-18-8-11(21-12)22-4-6-23(7-5-22)13-19-3-2-10(20-13)14(15,16)17/h2-3,8-9H,4-7H2,1H3. The van der Waals surface area contributed by atoms with Gasteiger partial charge in [0, 0.05) is 32.4 Å². The van der Waals surface area contributed by atoms with E-state index < -0.39 is 11.9 Å². The number of piperazine rings is 1. The number of hydrogen-bond acceptors (Lipinski definition) is 7. The minimum atomic E-state index is -4.48. The Morgan fingerprint density at radius 1 is 1.04 bits per heavy atom. The average Bonchev–Trinajstić information content (AvgIpc) is 2.61. The van der Waals surface area contributed by atoms with Crippen LogP contribution in [0.5, 0.6) is 5.88 Å². The smallest absolute Gasteiger partial charge is 0.433 e. The lowest BCUT2D eigenvalue weighted by Crippen LogP contribution is -2.47. The molecular formula is C14H15F3N6O. The lowest BCUT2D eigenvalue weighted by atomic mass is 10.3. The van der Waals surface area contributed by atoms with Crippen LogP contribution in [0.15, 0.2) is 24.7 Å². The third kappa shape index (κ3) is 3.47. The van der Waals surface area contributed by atoms with Crippen molar-refractivity contribution in [3.63, 3.8) is 0 Å². The topological polar surface area (TPSA) is 67.3 Å². The van der Waals surface area contributed by atoms with Crippen molar-refractivity contribution in [1.29, 1.82) is 0 Å². The van der Waals surface area contributed by atoms with Gasteiger partial charge in [0.15, 0.2) is 5.82 Å². The zero-order valence-corrected chi connectivity index (χ0v) is 12.9. The molecule has 1 aliphatic rings. The van der Waals surface area contributed by atoms with Gasteiger partial charge in [0.25, 0.3) is 0 Å². The van der Waals surface area contributed by atoms with Crippen LogP contribution < -0.4 is 14.5 Å². The van der Waals surface area contributed by atoms with Crippen molar-refractivity contribution in [2.75, 3.05) is 43.1 Å². The van der Waals surface area contributed by atoms with E-state index in [1.165, 1.54) is 13.3 Å². The van der Waals surface area contributed by atoms with Gasteiger partial charge < -0.3 is 14.5 Å². The first kappa shape index (κ1) is 16.2. The monoisotopic (exact) mass is 340 g/mol. The molecule has 3 rings (SSSR count). The first-order valence-electron chi connectivity index (χ1n) is 7.23. The molecule has 0 atom stereocenters. The molecule has 0 aliphatic carbocycles. The molecule has 0 unspecified atom stereocenters. The highest BCUT2D eigenvalue weighted by Crippen LogP contribution is 2.28. The Kier molecular flexibility index (Phi) is 4.36. The second kappa shape index (κ2) is 6.46. The van der Waals surface area contributed by atoms with Crippen molar-refractivity contribution >= 4 is 11.8 Å². The second-order valence-corrected chi connectivity index (χ2v) is 5.13. The molecule has 1 fully saturated rings. The van der Waals surface area contributed by atoms with Crippen LogP contribution in [0.2, 0.25) is 0 Å². The van der Waals surface area contributed by atoms with Crippen LogP contribution in [-0.4, -0.2) is 53.2 Å². The Labute approximate surface area is 136 Å². The van der Waals surface area contributed by atoms with Crippen LogP contribution in [0.25, 0.3) is 0 Å². The predicted molar refractivity (Wildman–Crippen MR) is 80.0 cm³/mol. The average molecular weight is 340 g/mol. The maximum Gasteiger partial charge on any atom is 0.433 e. The number of aromatic nitrogens is 4. The Morgan fingerprint density at radius 2 is 1.75 bits per heavy atom. The predicted octanol–water partition coefficient (Wildman–Crippen LogP) is 1.62. The molecule has 3 heterocycles. The minimum absolute atomic E-state index is 0.0844. The molecule has 0 radical (unpaired) electrons. The Bertz CT molecular complexity index is 703. The summed E-state index contributed by atoms with van der Waals surface area (Å²) in [6.45, 7) is 2.11. The number of alkyl halides is 3. The first-order chi connectivity index (χ1) is 11.5. The van der Waals surface area contributed by atoms with E-state index in [9.17, 15) is 13.2 Å². The van der Waals surface area contributed by atoms with Crippen molar-refractivity contribution in [3.05, 3.63) is 30.4 Å². The van der Waals surface area contributed by atoms with Crippen LogP contribution >= 0.6 is 0 Å². The van der Waals surface area contributed by atoms with Gasteiger partial charge in [-0.1, -0.05) is 0 Å². The van der Waals surface area contributed by atoms with Gasteiger partial charge in [-0.2, -0.15) is 18.2 Å². The molecule has 128 valence electrons. The summed E-state index contributed by atoms with van der Waals surface area (Å²) in [6, 6.07) is 0.867. The fourth-order valence-corrected chi connectivity index (χ4v) is 2.38. The number of rotatable bonds is 3. The third-order valence-corrected chi connectivity index (χ3v) is 3.63. The maximum atomic E-state index is 12.7. The van der Waals surface area contributed by atoms with Crippen LogP contribution in [-0.2, 0) is 6.18 Å². The molecule has 0 spiro atoms. The number of nitrogens with zero attached hydrogens (tertiary/aromatic N) is 6. The zero-order chi connectivity index (χ0) is 17.2. The fourth-order valence-electron chi connectivity index (χ4n) is 2.38. The summed E-state index contributed by atoms with van der Waals surface area (Å²) in [5.41, 5.74) is -0.936. The van der Waals surface area contributed by atoms with Crippen molar-refractivity contribution < 1.29 is 17.9 Å². The lowest BCUT2D eigenvalue weighted by molar-refractivity contribution is -0.141. The maximum absolute atomic E-state index is 12.7. The van der Waals surface area contributed by atoms with Gasteiger partial charge >= 0.3 is 6.18 Å². The van der Waals surface area contributed by atoms with Gasteiger partial charge in [-0.05, 0) is 6.07 Å². The molecule has 2 aromatic heterocycles. The SMILES string of the molecule is COc1cncc(N2CCN(c3nccc(C(F)(F)F)n3)CC2)n1. The van der Waals surface area contributed by atoms with Gasteiger partial charge in [-0.15, -0.1) is 0 Å². The molecule has 10 heteroatoms. The minimum Gasteiger partial charge on any atom is -0.480 e. The highest BCUT2D eigenvalue weighted by atomic mass is 19.4. The molecular weight excluding hydrogens is 325 g/mol. The summed E-state index contributed by atoms with van der Waals surface area (Å²) in [4.78, 5) is 19.6. The molecule has 7 nitrogen and oxygen atoms in total. The van der Waals surface area contributed by atoms with Crippen molar-refractivity contribution in [1.82, 2.24) is 19.9 Å². The summed E-state index contributed by atoms with van der Waals surface area (Å²) >= 11 is 0. The highest BCUT2D eigenvalue weighted by Gasteiger charge is 2.33. The molecule has 1 aliphatic heterocycles. The largest absolute Gasteiger partial charge is 0.480 e. The van der Waals surface area contributed by atoms with Gasteiger partial charge in [-0.3, -0.25) is 4.98 Å². The molecule has 0 N–H and O–H groups in total. The van der Waals surface area contributed by atoms with Gasteiger partial charge in [0.1, 0.15) is 5.69 Å². The number of hydrogen-bond donors (Lipinski definition) is 0. The first-order valence-corrected chi connectivity index (χ1v) is 7.23. The van der Waals surface area contributed by atoms with Gasteiger partial charge in [-0.25, -0.2) is 9.97 Å². The normalized spacial score (nSPS) is 15.5. The van der Waals surface area contributed by atoms with Crippen LogP contribution in [0, 0.1) is 0 Å². The van der Waals surface area contributed by atoms with E-state index in [1.807, 2.05) is 4.90 Å². The van der Waals surface area contributed by atoms with E-state index >= 15 is 0 Å². The summed E-state index contributed by atoms with van der Waals surface area (Å²) in [7, 11) is 1.51. The van der Waals surface area contributed by atoms with Crippen LogP contribution in [0.4, 0.5) is 24.9 Å². The van der Waals surface area contributed by atoms with E-state index in [1.54, 1.807) is 11.1 Å². The molecule has 0 saturated carbocycles. The van der Waals surface area contributed by atoms with E-state index in [2.05, 4.69) is 19.9 Å². The molecule has 2 aromatic rings. The quantitative estimate of drug-likeness (QED) is 0.841. The number of halogens is 3. The van der Waals surface area contributed by atoms with Crippen molar-refractivity contribution in [2.45, 2.75) is 6.18 Å². The zero-order valence-electron chi connectivity index (χ0n) is 12.9. The van der Waals surface area contributed by atoms with Gasteiger partial charge in [0.05, 0.1) is 19.5 Å². The Balaban J connectivity index is 1.69. The fraction of sp³-hybridized carbons (Fsp3) is 0.429. The Morgan fingerprint density at radius 3 is 2.42 bits per heavy atom. The van der Waals surface area contributed by atoms with Crippen molar-refractivity contribution in [2.24, 2.45) is 0 Å². The molecule has 0 aromatic carbocycles. The summed E-state index contributed by atoms with van der Waals surface area (Å²) in [5.74, 6) is 1.16. The number of anilines is 2. The molecule has 0 amide bonds. The third-order valence-electron chi connectivity index (χ3n) is 3.63. The van der Waals surface area contributed by atoms with E-state index in [4.69, 9.17) is 4.74 Å². The van der Waals surface area contributed by atoms with Crippen molar-refractivity contribution in [3.8, 4) is 5.88 Å². The number of methoxy groups -OCH3 is 1. The van der Waals surface area contributed by atoms with E-state index in [0.717, 1.165) is 12.3 Å². The van der Waals surface area contributed by atoms with Crippen LogP contribution in [0.1, 0.15) is 5.69 Å². The summed E-state index contributed by atoms with van der Waals surface area (Å²) in [6.07, 6.45) is -0.212. The second-order valence-electron chi connectivity index (χ2n) is 5.13. The lowest BCUT2D eigenvalue weighted by Gasteiger charge is -2.35.